The number of halogens is 1. The molecule has 0 spiro atoms. The first kappa shape index (κ1) is 14.0. The van der Waals surface area contributed by atoms with Gasteiger partial charge in [0.2, 0.25) is 0 Å². The Balaban J connectivity index is 2.11. The third kappa shape index (κ3) is 3.14. The van der Waals surface area contributed by atoms with E-state index in [-0.39, 0.29) is 12.1 Å². The SMILES string of the molecule is Cc1nn(CCF)cc1NCc1ccccc1C(=O)O. The van der Waals surface area contributed by atoms with Gasteiger partial charge in [-0.15, -0.1) is 0 Å². The van der Waals surface area contributed by atoms with E-state index < -0.39 is 12.6 Å². The zero-order valence-electron chi connectivity index (χ0n) is 11.1. The van der Waals surface area contributed by atoms with E-state index in [1.54, 1.807) is 30.5 Å². The summed E-state index contributed by atoms with van der Waals surface area (Å²) in [4.78, 5) is 11.1. The van der Waals surface area contributed by atoms with Gasteiger partial charge in [-0.1, -0.05) is 18.2 Å². The quantitative estimate of drug-likeness (QED) is 0.851. The van der Waals surface area contributed by atoms with Gasteiger partial charge in [0.05, 0.1) is 23.5 Å². The maximum atomic E-state index is 12.3. The number of alkyl halides is 1. The molecule has 0 aliphatic heterocycles. The van der Waals surface area contributed by atoms with E-state index in [4.69, 9.17) is 5.11 Å². The molecule has 0 atom stereocenters. The van der Waals surface area contributed by atoms with Crippen LogP contribution in [-0.2, 0) is 13.1 Å². The van der Waals surface area contributed by atoms with E-state index >= 15 is 0 Å². The highest BCUT2D eigenvalue weighted by Gasteiger charge is 2.10. The molecule has 20 heavy (non-hydrogen) atoms. The average Bonchev–Trinajstić information content (AvgIpc) is 2.77. The molecule has 0 aliphatic carbocycles. The van der Waals surface area contributed by atoms with Crippen LogP contribution in [0.5, 0.6) is 0 Å². The van der Waals surface area contributed by atoms with Gasteiger partial charge in [-0.3, -0.25) is 4.68 Å². The normalized spacial score (nSPS) is 10.5. The molecule has 5 nitrogen and oxygen atoms in total. The number of carbonyl (C=O) groups is 1. The van der Waals surface area contributed by atoms with Gasteiger partial charge in [-0.2, -0.15) is 5.10 Å². The average molecular weight is 277 g/mol. The van der Waals surface area contributed by atoms with Crippen LogP contribution in [0.1, 0.15) is 21.6 Å². The van der Waals surface area contributed by atoms with Gasteiger partial charge in [0, 0.05) is 12.7 Å². The third-order valence-electron chi connectivity index (χ3n) is 2.98. The molecule has 0 unspecified atom stereocenters. The highest BCUT2D eigenvalue weighted by atomic mass is 19.1. The molecular formula is C14H16FN3O2. The summed E-state index contributed by atoms with van der Waals surface area (Å²) in [5, 5.41) is 16.4. The number of benzene rings is 1. The van der Waals surface area contributed by atoms with Gasteiger partial charge >= 0.3 is 5.97 Å². The Morgan fingerprint density at radius 1 is 1.45 bits per heavy atom. The first-order chi connectivity index (χ1) is 9.61. The summed E-state index contributed by atoms with van der Waals surface area (Å²) < 4.78 is 13.8. The summed E-state index contributed by atoms with van der Waals surface area (Å²) in [6.45, 7) is 1.95. The van der Waals surface area contributed by atoms with Crippen LogP contribution in [0.2, 0.25) is 0 Å². The smallest absolute Gasteiger partial charge is 0.336 e. The maximum Gasteiger partial charge on any atom is 0.336 e. The summed E-state index contributed by atoms with van der Waals surface area (Å²) in [7, 11) is 0. The minimum absolute atomic E-state index is 0.217. The van der Waals surface area contributed by atoms with E-state index in [1.165, 1.54) is 4.68 Å². The Hall–Kier alpha value is -2.37. The van der Waals surface area contributed by atoms with Gasteiger partial charge < -0.3 is 10.4 Å². The summed E-state index contributed by atoms with van der Waals surface area (Å²) in [5.41, 5.74) is 2.50. The zero-order chi connectivity index (χ0) is 14.5. The fourth-order valence-corrected chi connectivity index (χ4v) is 1.97. The summed E-state index contributed by atoms with van der Waals surface area (Å²) in [6, 6.07) is 6.82. The molecule has 0 radical (unpaired) electrons. The minimum Gasteiger partial charge on any atom is -0.478 e. The molecule has 0 fully saturated rings. The number of carboxylic acids is 1. The molecule has 2 N–H and O–H groups in total. The van der Waals surface area contributed by atoms with Crippen LogP contribution in [0.4, 0.5) is 10.1 Å². The van der Waals surface area contributed by atoms with Crippen molar-refractivity contribution in [3.05, 3.63) is 47.3 Å². The highest BCUT2D eigenvalue weighted by molar-refractivity contribution is 5.89. The van der Waals surface area contributed by atoms with Crippen molar-refractivity contribution in [2.75, 3.05) is 12.0 Å². The monoisotopic (exact) mass is 277 g/mol. The number of hydrogen-bond donors (Lipinski definition) is 2. The van der Waals surface area contributed by atoms with Crippen LogP contribution in [0.15, 0.2) is 30.5 Å². The highest BCUT2D eigenvalue weighted by Crippen LogP contribution is 2.16. The second-order valence-electron chi connectivity index (χ2n) is 4.40. The third-order valence-corrected chi connectivity index (χ3v) is 2.98. The standard InChI is InChI=1S/C14H16FN3O2/c1-10-13(9-18(17-10)7-6-15)16-8-11-4-2-3-5-12(11)14(19)20/h2-5,9,16H,6-8H2,1H3,(H,19,20). The van der Waals surface area contributed by atoms with Crippen LogP contribution in [0.25, 0.3) is 0 Å². The van der Waals surface area contributed by atoms with Crippen molar-refractivity contribution in [2.24, 2.45) is 0 Å². The lowest BCUT2D eigenvalue weighted by Crippen LogP contribution is -2.07. The molecule has 0 saturated heterocycles. The van der Waals surface area contributed by atoms with Crippen LogP contribution in [0.3, 0.4) is 0 Å². The number of nitrogens with one attached hydrogen (secondary N) is 1. The van der Waals surface area contributed by atoms with Gasteiger partial charge in [0.15, 0.2) is 0 Å². The molecule has 0 aliphatic rings. The number of hydrogen-bond acceptors (Lipinski definition) is 3. The predicted octanol–water partition coefficient (Wildman–Crippen LogP) is 2.47. The summed E-state index contributed by atoms with van der Waals surface area (Å²) in [6.07, 6.45) is 1.72. The molecule has 1 heterocycles. The maximum absolute atomic E-state index is 12.3. The van der Waals surface area contributed by atoms with Gasteiger partial charge in [-0.25, -0.2) is 9.18 Å². The number of anilines is 1. The number of rotatable bonds is 6. The van der Waals surface area contributed by atoms with Crippen molar-refractivity contribution in [1.29, 1.82) is 0 Å². The van der Waals surface area contributed by atoms with Crippen molar-refractivity contribution < 1.29 is 14.3 Å². The topological polar surface area (TPSA) is 67.2 Å². The second kappa shape index (κ2) is 6.18. The number of aromatic nitrogens is 2. The first-order valence-corrected chi connectivity index (χ1v) is 6.27. The van der Waals surface area contributed by atoms with E-state index in [9.17, 15) is 9.18 Å². The number of nitrogens with zero attached hydrogens (tertiary/aromatic N) is 2. The van der Waals surface area contributed by atoms with E-state index in [2.05, 4.69) is 10.4 Å². The van der Waals surface area contributed by atoms with Crippen molar-refractivity contribution in [3.8, 4) is 0 Å². The molecule has 0 amide bonds. The summed E-state index contributed by atoms with van der Waals surface area (Å²) >= 11 is 0. The Morgan fingerprint density at radius 2 is 2.20 bits per heavy atom. The lowest BCUT2D eigenvalue weighted by molar-refractivity contribution is 0.0696. The minimum atomic E-state index is -0.952. The van der Waals surface area contributed by atoms with Crippen molar-refractivity contribution in [3.63, 3.8) is 0 Å². The summed E-state index contributed by atoms with van der Waals surface area (Å²) in [5.74, 6) is -0.952. The van der Waals surface area contributed by atoms with Crippen LogP contribution in [0, 0.1) is 6.92 Å². The predicted molar refractivity (Wildman–Crippen MR) is 73.7 cm³/mol. The number of carboxylic acid groups (broad SMARTS) is 1. The molecule has 1 aromatic carbocycles. The fourth-order valence-electron chi connectivity index (χ4n) is 1.97. The van der Waals surface area contributed by atoms with Crippen molar-refractivity contribution >= 4 is 11.7 Å². The lowest BCUT2D eigenvalue weighted by Gasteiger charge is -2.07. The molecule has 2 aromatic rings. The molecule has 106 valence electrons. The molecule has 0 saturated carbocycles. The fraction of sp³-hybridized carbons (Fsp3) is 0.286. The van der Waals surface area contributed by atoms with E-state index in [0.29, 0.717) is 12.1 Å². The van der Waals surface area contributed by atoms with Crippen LogP contribution >= 0.6 is 0 Å². The van der Waals surface area contributed by atoms with E-state index in [1.807, 2.05) is 6.92 Å². The number of aromatic carboxylic acids is 1. The van der Waals surface area contributed by atoms with Crippen molar-refractivity contribution in [1.82, 2.24) is 9.78 Å². The van der Waals surface area contributed by atoms with Crippen LogP contribution < -0.4 is 5.32 Å². The van der Waals surface area contributed by atoms with Crippen molar-refractivity contribution in [2.45, 2.75) is 20.0 Å². The van der Waals surface area contributed by atoms with E-state index in [0.717, 1.165) is 11.4 Å². The Labute approximate surface area is 116 Å². The molecular weight excluding hydrogens is 261 g/mol. The first-order valence-electron chi connectivity index (χ1n) is 6.27. The zero-order valence-corrected chi connectivity index (χ0v) is 11.1. The molecule has 1 aromatic heterocycles. The lowest BCUT2D eigenvalue weighted by atomic mass is 10.1. The van der Waals surface area contributed by atoms with Gasteiger partial charge in [0.1, 0.15) is 6.67 Å². The van der Waals surface area contributed by atoms with Gasteiger partial charge in [0.25, 0.3) is 0 Å². The van der Waals surface area contributed by atoms with Crippen LogP contribution in [-0.4, -0.2) is 27.5 Å². The molecule has 6 heteroatoms. The number of aryl methyl sites for hydroxylation is 2. The molecule has 2 rings (SSSR count). The van der Waals surface area contributed by atoms with Gasteiger partial charge in [-0.05, 0) is 18.6 Å². The Kier molecular flexibility index (Phi) is 4.34. The Bertz CT molecular complexity index is 610. The second-order valence-corrected chi connectivity index (χ2v) is 4.40. The molecule has 0 bridgehead atoms. The Morgan fingerprint density at radius 3 is 2.90 bits per heavy atom. The largest absolute Gasteiger partial charge is 0.478 e.